The number of fused-ring (bicyclic) bond motifs is 2. The molecular formula is C33H28N2O2S. The topological polar surface area (TPSA) is 50.7 Å². The Labute approximate surface area is 226 Å². The van der Waals surface area contributed by atoms with Gasteiger partial charge in [0, 0.05) is 22.3 Å². The van der Waals surface area contributed by atoms with Crippen LogP contribution in [0.2, 0.25) is 0 Å². The maximum atomic E-state index is 13.4. The van der Waals surface area contributed by atoms with Crippen molar-refractivity contribution in [3.63, 3.8) is 0 Å². The number of aryl methyl sites for hydroxylation is 1. The van der Waals surface area contributed by atoms with E-state index in [1.165, 1.54) is 15.6 Å². The molecule has 38 heavy (non-hydrogen) atoms. The van der Waals surface area contributed by atoms with Gasteiger partial charge < -0.3 is 10.1 Å². The van der Waals surface area contributed by atoms with Gasteiger partial charge in [-0.1, -0.05) is 72.8 Å². The minimum absolute atomic E-state index is 0.0942. The lowest BCUT2D eigenvalue weighted by Crippen LogP contribution is -2.14. The summed E-state index contributed by atoms with van der Waals surface area (Å²) in [4.78, 5) is 19.6. The van der Waals surface area contributed by atoms with Crippen LogP contribution in [0.15, 0.2) is 102 Å². The Morgan fingerprint density at radius 3 is 2.55 bits per heavy atom. The predicted molar refractivity (Wildman–Crippen MR) is 157 cm³/mol. The minimum atomic E-state index is -0.0942. The monoisotopic (exact) mass is 516 g/mol. The Kier molecular flexibility index (Phi) is 7.01. The van der Waals surface area contributed by atoms with Gasteiger partial charge in [0.15, 0.2) is 0 Å². The highest BCUT2D eigenvalue weighted by Gasteiger charge is 2.25. The lowest BCUT2D eigenvalue weighted by atomic mass is 9.95. The van der Waals surface area contributed by atoms with Gasteiger partial charge in [0.2, 0.25) is 0 Å². The molecule has 0 radical (unpaired) electrons. The number of amides is 1. The third-order valence-corrected chi connectivity index (χ3v) is 8.11. The molecule has 1 heterocycles. The molecule has 0 saturated carbocycles. The summed E-state index contributed by atoms with van der Waals surface area (Å²) < 4.78 is 6.29. The molecular weight excluding hydrogens is 488 g/mol. The molecule has 1 aromatic heterocycles. The summed E-state index contributed by atoms with van der Waals surface area (Å²) >= 11 is 1.64. The van der Waals surface area contributed by atoms with E-state index in [1.54, 1.807) is 11.3 Å². The number of nitrogens with one attached hydrogen (secondary N) is 1. The number of anilines is 1. The smallest absolute Gasteiger partial charge is 0.259 e. The fourth-order valence-corrected chi connectivity index (χ4v) is 6.24. The molecule has 5 heteroatoms. The first-order chi connectivity index (χ1) is 18.8. The Hall–Kier alpha value is -4.22. The van der Waals surface area contributed by atoms with E-state index < -0.39 is 0 Å². The number of thiophene rings is 1. The van der Waals surface area contributed by atoms with Crippen LogP contribution in [0.5, 0.6) is 5.75 Å². The van der Waals surface area contributed by atoms with Crippen molar-refractivity contribution in [2.24, 2.45) is 4.99 Å². The zero-order valence-electron chi connectivity index (χ0n) is 21.0. The van der Waals surface area contributed by atoms with Crippen molar-refractivity contribution >= 4 is 44.9 Å². The number of rotatable bonds is 7. The summed E-state index contributed by atoms with van der Waals surface area (Å²) in [7, 11) is 0. The van der Waals surface area contributed by atoms with Gasteiger partial charge >= 0.3 is 0 Å². The first-order valence-corrected chi connectivity index (χ1v) is 13.8. The normalized spacial score (nSPS) is 12.9. The molecule has 188 valence electrons. The molecule has 4 aromatic carbocycles. The summed E-state index contributed by atoms with van der Waals surface area (Å²) in [5.41, 5.74) is 4.67. The predicted octanol–water partition coefficient (Wildman–Crippen LogP) is 8.36. The average Bonchev–Trinajstić information content (AvgIpc) is 3.34. The van der Waals surface area contributed by atoms with E-state index in [1.807, 2.05) is 60.8 Å². The summed E-state index contributed by atoms with van der Waals surface area (Å²) in [6.07, 6.45) is 6.01. The van der Waals surface area contributed by atoms with Gasteiger partial charge in [-0.3, -0.25) is 4.79 Å². The first kappa shape index (κ1) is 24.1. The zero-order valence-corrected chi connectivity index (χ0v) is 21.8. The van der Waals surface area contributed by atoms with Crippen LogP contribution in [0.1, 0.15) is 44.8 Å². The summed E-state index contributed by atoms with van der Waals surface area (Å²) in [6, 6.07) is 32.2. The van der Waals surface area contributed by atoms with Crippen LogP contribution in [0.4, 0.5) is 10.7 Å². The zero-order chi connectivity index (χ0) is 25.7. The van der Waals surface area contributed by atoms with Gasteiger partial charge in [-0.25, -0.2) is 4.99 Å². The molecule has 0 atom stereocenters. The summed E-state index contributed by atoms with van der Waals surface area (Å²) in [6.45, 7) is 0.463. The molecule has 1 aliphatic carbocycles. The number of ether oxygens (including phenoxy) is 1. The van der Waals surface area contributed by atoms with Gasteiger partial charge in [0.25, 0.3) is 5.91 Å². The molecule has 4 nitrogen and oxygen atoms in total. The Balaban J connectivity index is 1.27. The van der Waals surface area contributed by atoms with Crippen LogP contribution >= 0.6 is 11.3 Å². The molecule has 1 aliphatic rings. The lowest BCUT2D eigenvalue weighted by molar-refractivity contribution is 0.102. The highest BCUT2D eigenvalue weighted by molar-refractivity contribution is 7.16. The molecule has 0 saturated heterocycles. The van der Waals surface area contributed by atoms with Crippen molar-refractivity contribution in [1.29, 1.82) is 0 Å². The third-order valence-electron chi connectivity index (χ3n) is 6.91. The van der Waals surface area contributed by atoms with Crippen molar-refractivity contribution in [1.82, 2.24) is 0 Å². The van der Waals surface area contributed by atoms with Crippen LogP contribution < -0.4 is 10.1 Å². The Morgan fingerprint density at radius 2 is 1.63 bits per heavy atom. The van der Waals surface area contributed by atoms with Crippen LogP contribution in [-0.2, 0) is 19.4 Å². The molecule has 0 aliphatic heterocycles. The van der Waals surface area contributed by atoms with Gasteiger partial charge in [0.05, 0.1) is 5.56 Å². The summed E-state index contributed by atoms with van der Waals surface area (Å²) in [5, 5.41) is 6.22. The molecule has 0 fully saturated rings. The van der Waals surface area contributed by atoms with Crippen LogP contribution in [-0.4, -0.2) is 12.1 Å². The van der Waals surface area contributed by atoms with E-state index in [9.17, 15) is 4.79 Å². The maximum Gasteiger partial charge on any atom is 0.259 e. The standard InChI is InChI=1S/C33H28N2O2S/c36-32(35-26-15-2-1-3-16-26)31-28-18-7-9-20-30(28)38-33(31)34-21-24-12-5-8-19-29(24)37-22-25-14-10-13-23-11-4-6-17-27(23)25/h1-6,8,10-17,19,21H,7,9,18,20,22H2,(H,35,36). The highest BCUT2D eigenvalue weighted by Crippen LogP contribution is 2.40. The molecule has 0 spiro atoms. The van der Waals surface area contributed by atoms with Crippen molar-refractivity contribution in [2.45, 2.75) is 32.3 Å². The largest absolute Gasteiger partial charge is 0.488 e. The maximum absolute atomic E-state index is 13.4. The van der Waals surface area contributed by atoms with E-state index in [0.717, 1.165) is 58.8 Å². The van der Waals surface area contributed by atoms with Gasteiger partial charge in [-0.2, -0.15) is 0 Å². The van der Waals surface area contributed by atoms with E-state index >= 15 is 0 Å². The van der Waals surface area contributed by atoms with Gasteiger partial charge in [-0.15, -0.1) is 11.3 Å². The van der Waals surface area contributed by atoms with Gasteiger partial charge in [0.1, 0.15) is 17.4 Å². The SMILES string of the molecule is O=C(Nc1ccccc1)c1c(N=Cc2ccccc2OCc2cccc3ccccc23)sc2c1CCCC2. The quantitative estimate of drug-likeness (QED) is 0.221. The number of benzene rings is 4. The Morgan fingerprint density at radius 1 is 0.868 bits per heavy atom. The van der Waals surface area contributed by atoms with Crippen LogP contribution in [0.25, 0.3) is 10.8 Å². The van der Waals surface area contributed by atoms with E-state index in [-0.39, 0.29) is 5.91 Å². The van der Waals surface area contributed by atoms with Crippen molar-refractivity contribution in [2.75, 3.05) is 5.32 Å². The van der Waals surface area contributed by atoms with Crippen LogP contribution in [0.3, 0.4) is 0 Å². The first-order valence-electron chi connectivity index (χ1n) is 13.0. The number of carbonyl (C=O) groups excluding carboxylic acids is 1. The molecule has 1 N–H and O–H groups in total. The number of carbonyl (C=O) groups is 1. The molecule has 5 aromatic rings. The molecule has 0 unspecified atom stereocenters. The number of nitrogens with zero attached hydrogens (tertiary/aromatic N) is 1. The second-order valence-corrected chi connectivity index (χ2v) is 10.5. The Bertz CT molecular complexity index is 1620. The number of para-hydroxylation sites is 2. The highest BCUT2D eigenvalue weighted by atomic mass is 32.1. The molecule has 0 bridgehead atoms. The van der Waals surface area contributed by atoms with Crippen molar-refractivity contribution in [3.05, 3.63) is 124 Å². The second kappa shape index (κ2) is 11.0. The van der Waals surface area contributed by atoms with Crippen molar-refractivity contribution < 1.29 is 9.53 Å². The fraction of sp³-hybridized carbons (Fsp3) is 0.152. The van der Waals surface area contributed by atoms with E-state index in [0.29, 0.717) is 12.2 Å². The number of hydrogen-bond acceptors (Lipinski definition) is 4. The van der Waals surface area contributed by atoms with Gasteiger partial charge in [-0.05, 0) is 71.8 Å². The minimum Gasteiger partial charge on any atom is -0.488 e. The third kappa shape index (κ3) is 5.11. The number of aliphatic imine (C=N–C) groups is 1. The van der Waals surface area contributed by atoms with Crippen LogP contribution in [0, 0.1) is 0 Å². The number of hydrogen-bond donors (Lipinski definition) is 1. The second-order valence-electron chi connectivity index (χ2n) is 9.43. The van der Waals surface area contributed by atoms with E-state index in [2.05, 4.69) is 47.8 Å². The molecule has 1 amide bonds. The summed E-state index contributed by atoms with van der Waals surface area (Å²) in [5.74, 6) is 0.670. The fourth-order valence-electron chi connectivity index (χ4n) is 5.01. The van der Waals surface area contributed by atoms with E-state index in [4.69, 9.17) is 9.73 Å². The van der Waals surface area contributed by atoms with Crippen molar-refractivity contribution in [3.8, 4) is 5.75 Å². The average molecular weight is 517 g/mol. The lowest BCUT2D eigenvalue weighted by Gasteiger charge is -2.13. The molecule has 6 rings (SSSR count).